The Kier molecular flexibility index (Phi) is 7.25. The minimum atomic E-state index is 0.623. The second-order valence-electron chi connectivity index (χ2n) is 7.76. The summed E-state index contributed by atoms with van der Waals surface area (Å²) in [5, 5.41) is 3.47. The number of aliphatic imine (C=N–C) groups is 1. The zero-order valence-electron chi connectivity index (χ0n) is 18.2. The Bertz CT molecular complexity index is 983. The van der Waals surface area contributed by atoms with E-state index in [1.165, 1.54) is 11.3 Å². The maximum Gasteiger partial charge on any atom is 0.194 e. The monoisotopic (exact) mass is 434 g/mol. The first-order valence-corrected chi connectivity index (χ1v) is 11.9. The molecule has 1 atom stereocenters. The van der Waals surface area contributed by atoms with Gasteiger partial charge in [0.2, 0.25) is 0 Å². The summed E-state index contributed by atoms with van der Waals surface area (Å²) >= 11 is 1.95. The number of hydrogen-bond donors (Lipinski definition) is 1. The molecule has 3 heterocycles. The van der Waals surface area contributed by atoms with Crippen molar-refractivity contribution in [2.24, 2.45) is 10.9 Å². The van der Waals surface area contributed by atoms with Crippen molar-refractivity contribution < 1.29 is 0 Å². The van der Waals surface area contributed by atoms with Crippen molar-refractivity contribution in [3.8, 4) is 5.82 Å². The molecular formula is C24H30N6S. The fraction of sp³-hybridized carbons (Fsp3) is 0.375. The summed E-state index contributed by atoms with van der Waals surface area (Å²) in [5.41, 5.74) is 1.10. The molecule has 1 saturated heterocycles. The Morgan fingerprint density at radius 2 is 2.06 bits per heavy atom. The number of benzene rings is 1. The van der Waals surface area contributed by atoms with E-state index in [4.69, 9.17) is 4.99 Å². The molecular weight excluding hydrogens is 404 g/mol. The molecule has 4 rings (SSSR count). The number of aryl methyl sites for hydroxylation is 1. The molecule has 1 unspecified atom stereocenters. The molecule has 6 nitrogen and oxygen atoms in total. The SMILES string of the molecule is CCNC(=NCc1ccc(-n2ccnc2C)nc1)N1CCC(CSc2ccccc2)C1. The zero-order chi connectivity index (χ0) is 21.5. The highest BCUT2D eigenvalue weighted by Gasteiger charge is 2.24. The van der Waals surface area contributed by atoms with Gasteiger partial charge in [-0.3, -0.25) is 4.57 Å². The highest BCUT2D eigenvalue weighted by atomic mass is 32.2. The highest BCUT2D eigenvalue weighted by molar-refractivity contribution is 7.99. The van der Waals surface area contributed by atoms with Crippen molar-refractivity contribution in [3.05, 3.63) is 72.4 Å². The van der Waals surface area contributed by atoms with E-state index >= 15 is 0 Å². The number of aromatic nitrogens is 3. The van der Waals surface area contributed by atoms with Crippen LogP contribution >= 0.6 is 11.8 Å². The van der Waals surface area contributed by atoms with Crippen LogP contribution in [0.15, 0.2) is 70.9 Å². The Balaban J connectivity index is 1.34. The summed E-state index contributed by atoms with van der Waals surface area (Å²) in [4.78, 5) is 17.5. The molecule has 162 valence electrons. The van der Waals surface area contributed by atoms with E-state index in [2.05, 4.69) is 63.5 Å². The summed E-state index contributed by atoms with van der Waals surface area (Å²) in [6.07, 6.45) is 6.84. The lowest BCUT2D eigenvalue weighted by Crippen LogP contribution is -2.40. The molecule has 7 heteroatoms. The summed E-state index contributed by atoms with van der Waals surface area (Å²) in [6, 6.07) is 14.8. The van der Waals surface area contributed by atoms with E-state index in [0.717, 1.165) is 48.6 Å². The number of hydrogen-bond acceptors (Lipinski definition) is 4. The highest BCUT2D eigenvalue weighted by Crippen LogP contribution is 2.26. The molecule has 0 amide bonds. The molecule has 1 aliphatic heterocycles. The molecule has 0 spiro atoms. The minimum Gasteiger partial charge on any atom is -0.357 e. The summed E-state index contributed by atoms with van der Waals surface area (Å²) < 4.78 is 1.98. The zero-order valence-corrected chi connectivity index (χ0v) is 19.1. The smallest absolute Gasteiger partial charge is 0.194 e. The van der Waals surface area contributed by atoms with Crippen LogP contribution < -0.4 is 5.32 Å². The third kappa shape index (κ3) is 5.67. The minimum absolute atomic E-state index is 0.623. The van der Waals surface area contributed by atoms with E-state index in [1.54, 1.807) is 6.20 Å². The largest absolute Gasteiger partial charge is 0.357 e. The van der Waals surface area contributed by atoms with Crippen molar-refractivity contribution in [2.45, 2.75) is 31.7 Å². The van der Waals surface area contributed by atoms with Gasteiger partial charge in [-0.25, -0.2) is 15.0 Å². The van der Waals surface area contributed by atoms with Crippen molar-refractivity contribution in [1.29, 1.82) is 0 Å². The number of nitrogens with zero attached hydrogens (tertiary/aromatic N) is 5. The van der Waals surface area contributed by atoms with Gasteiger partial charge in [0.05, 0.1) is 6.54 Å². The maximum absolute atomic E-state index is 4.89. The van der Waals surface area contributed by atoms with Crippen LogP contribution in [0.4, 0.5) is 0 Å². The molecule has 1 fully saturated rings. The average molecular weight is 435 g/mol. The quantitative estimate of drug-likeness (QED) is 0.344. The summed E-state index contributed by atoms with van der Waals surface area (Å²) in [5.74, 6) is 4.66. The topological polar surface area (TPSA) is 58.3 Å². The average Bonchev–Trinajstić information content (AvgIpc) is 3.45. The Morgan fingerprint density at radius 3 is 2.77 bits per heavy atom. The molecule has 1 aromatic carbocycles. The van der Waals surface area contributed by atoms with E-state index in [0.29, 0.717) is 12.5 Å². The van der Waals surface area contributed by atoms with Crippen LogP contribution in [0.2, 0.25) is 0 Å². The normalized spacial score (nSPS) is 16.6. The first-order chi connectivity index (χ1) is 15.2. The predicted molar refractivity (Wildman–Crippen MR) is 128 cm³/mol. The van der Waals surface area contributed by atoms with Gasteiger partial charge in [0.25, 0.3) is 0 Å². The maximum atomic E-state index is 4.89. The number of thioether (sulfide) groups is 1. The third-order valence-electron chi connectivity index (χ3n) is 5.44. The first-order valence-electron chi connectivity index (χ1n) is 10.9. The molecule has 2 aromatic heterocycles. The number of rotatable bonds is 7. The molecule has 0 aliphatic carbocycles. The Labute approximate surface area is 188 Å². The standard InChI is InChI=1S/C24H30N6S/c1-3-25-24(29-13-11-21(17-29)18-31-22-7-5-4-6-8-22)28-16-20-9-10-23(27-15-20)30-14-12-26-19(30)2/h4-10,12,14-15,21H,3,11,13,16-18H2,1-2H3,(H,25,28). The van der Waals surface area contributed by atoms with E-state index in [9.17, 15) is 0 Å². The van der Waals surface area contributed by atoms with Gasteiger partial charge in [-0.05, 0) is 49.9 Å². The van der Waals surface area contributed by atoms with Crippen molar-refractivity contribution in [3.63, 3.8) is 0 Å². The van der Waals surface area contributed by atoms with Crippen LogP contribution in [0.5, 0.6) is 0 Å². The van der Waals surface area contributed by atoms with Gasteiger partial charge in [0.15, 0.2) is 5.96 Å². The van der Waals surface area contributed by atoms with Crippen LogP contribution in [-0.4, -0.2) is 50.8 Å². The fourth-order valence-corrected chi connectivity index (χ4v) is 4.81. The lowest BCUT2D eigenvalue weighted by molar-refractivity contribution is 0.474. The van der Waals surface area contributed by atoms with Gasteiger partial charge in [0.1, 0.15) is 11.6 Å². The van der Waals surface area contributed by atoms with Gasteiger partial charge in [0, 0.05) is 48.9 Å². The number of nitrogens with one attached hydrogen (secondary N) is 1. The number of likely N-dealkylation sites (tertiary alicyclic amines) is 1. The van der Waals surface area contributed by atoms with Crippen molar-refractivity contribution in [2.75, 3.05) is 25.4 Å². The second-order valence-corrected chi connectivity index (χ2v) is 8.86. The third-order valence-corrected chi connectivity index (χ3v) is 6.69. The first kappa shape index (κ1) is 21.4. The van der Waals surface area contributed by atoms with Gasteiger partial charge in [-0.1, -0.05) is 24.3 Å². The molecule has 3 aromatic rings. The van der Waals surface area contributed by atoms with Crippen LogP contribution in [0.3, 0.4) is 0 Å². The second kappa shape index (κ2) is 10.5. The summed E-state index contributed by atoms with van der Waals surface area (Å²) in [7, 11) is 0. The molecule has 0 saturated carbocycles. The molecule has 0 bridgehead atoms. The lowest BCUT2D eigenvalue weighted by Gasteiger charge is -2.21. The molecule has 0 radical (unpaired) electrons. The number of pyridine rings is 1. The Morgan fingerprint density at radius 1 is 1.19 bits per heavy atom. The predicted octanol–water partition coefficient (Wildman–Crippen LogP) is 4.16. The van der Waals surface area contributed by atoms with Crippen LogP contribution in [0, 0.1) is 12.8 Å². The lowest BCUT2D eigenvalue weighted by atomic mass is 10.2. The van der Waals surface area contributed by atoms with Crippen LogP contribution in [0.25, 0.3) is 5.82 Å². The number of guanidine groups is 1. The van der Waals surface area contributed by atoms with Gasteiger partial charge in [-0.15, -0.1) is 11.8 Å². The van der Waals surface area contributed by atoms with Gasteiger partial charge >= 0.3 is 0 Å². The molecule has 1 aliphatic rings. The molecule has 1 N–H and O–H groups in total. The van der Waals surface area contributed by atoms with Crippen LogP contribution in [0.1, 0.15) is 24.7 Å². The van der Waals surface area contributed by atoms with Crippen molar-refractivity contribution in [1.82, 2.24) is 24.8 Å². The van der Waals surface area contributed by atoms with Gasteiger partial charge < -0.3 is 10.2 Å². The van der Waals surface area contributed by atoms with Crippen LogP contribution in [-0.2, 0) is 6.54 Å². The summed E-state index contributed by atoms with van der Waals surface area (Å²) in [6.45, 7) is 7.71. The van der Waals surface area contributed by atoms with Crippen molar-refractivity contribution >= 4 is 17.7 Å². The van der Waals surface area contributed by atoms with Gasteiger partial charge in [-0.2, -0.15) is 0 Å². The van der Waals surface area contributed by atoms with E-state index in [1.807, 2.05) is 41.7 Å². The van der Waals surface area contributed by atoms with E-state index in [-0.39, 0.29) is 0 Å². The Hall–Kier alpha value is -2.80. The fourth-order valence-electron chi connectivity index (χ4n) is 3.76. The molecule has 31 heavy (non-hydrogen) atoms. The van der Waals surface area contributed by atoms with E-state index < -0.39 is 0 Å². The number of imidazole rings is 1.